The molecule has 0 fully saturated rings. The lowest BCUT2D eigenvalue weighted by atomic mass is 9.84. The van der Waals surface area contributed by atoms with Gasteiger partial charge >= 0.3 is 5.97 Å². The lowest BCUT2D eigenvalue weighted by molar-refractivity contribution is 0.0494. The number of anilines is 1. The summed E-state index contributed by atoms with van der Waals surface area (Å²) in [6, 6.07) is 10.5. The van der Waals surface area contributed by atoms with Gasteiger partial charge in [-0.25, -0.2) is 4.79 Å². The molecule has 0 bridgehead atoms. The molecule has 0 atom stereocenters. The van der Waals surface area contributed by atoms with Gasteiger partial charge in [0.25, 0.3) is 0 Å². The minimum Gasteiger partial charge on any atom is -0.507 e. The molecule has 0 aliphatic heterocycles. The Labute approximate surface area is 253 Å². The highest BCUT2D eigenvalue weighted by Crippen LogP contribution is 2.33. The number of aromatic hydroxyl groups is 1. The smallest absolute Gasteiger partial charge is 0.341 e. The molecule has 0 aromatic heterocycles. The fourth-order valence-electron chi connectivity index (χ4n) is 5.08. The van der Waals surface area contributed by atoms with E-state index < -0.39 is 5.97 Å². The molecule has 0 aliphatic carbocycles. The summed E-state index contributed by atoms with van der Waals surface area (Å²) in [7, 11) is 0. The standard InChI is InChI=1S/C35H54N2O5/c1-7-10-11-12-13-14-15-16-17-18-23-41-34(39)29-21-20-28(25-33(29)38)42-26-31(36-40)27-19-22-32(37(8-2)9-3)30(24-27)35(4,5)6/h19-22,24-25,38,40H,7-18,23,26H2,1-6H3/b36-31-. The SMILES string of the molecule is CCCCCCCCCCCCOC(=O)c1ccc(OC/C(=N/O)c2ccc(N(CC)CC)c(C(C)(C)C)c2)cc1O. The van der Waals surface area contributed by atoms with E-state index in [1.165, 1.54) is 57.1 Å². The van der Waals surface area contributed by atoms with E-state index in [-0.39, 0.29) is 23.3 Å². The van der Waals surface area contributed by atoms with Crippen LogP contribution in [-0.4, -0.2) is 48.3 Å². The molecule has 2 N–H and O–H groups in total. The van der Waals surface area contributed by atoms with E-state index in [0.29, 0.717) is 18.1 Å². The molecule has 0 unspecified atom stereocenters. The van der Waals surface area contributed by atoms with Gasteiger partial charge in [0.05, 0.1) is 6.61 Å². The molecule has 2 aromatic carbocycles. The van der Waals surface area contributed by atoms with Crippen molar-refractivity contribution in [2.75, 3.05) is 31.2 Å². The first kappa shape index (κ1) is 35.0. The van der Waals surface area contributed by atoms with Crippen LogP contribution in [0.5, 0.6) is 11.5 Å². The lowest BCUT2D eigenvalue weighted by Crippen LogP contribution is -2.27. The van der Waals surface area contributed by atoms with Crippen LogP contribution in [0, 0.1) is 0 Å². The Bertz CT molecular complexity index is 1120. The monoisotopic (exact) mass is 582 g/mol. The second-order valence-electron chi connectivity index (χ2n) is 12.0. The summed E-state index contributed by atoms with van der Waals surface area (Å²) in [6.45, 7) is 15.1. The van der Waals surface area contributed by atoms with Gasteiger partial charge in [0, 0.05) is 30.4 Å². The number of rotatable bonds is 19. The first-order valence-electron chi connectivity index (χ1n) is 15.9. The number of carbonyl (C=O) groups excluding carboxylic acids is 1. The van der Waals surface area contributed by atoms with Gasteiger partial charge in [0.1, 0.15) is 29.4 Å². The first-order chi connectivity index (χ1) is 20.2. The normalized spacial score (nSPS) is 11.9. The van der Waals surface area contributed by atoms with Crippen molar-refractivity contribution in [3.8, 4) is 11.5 Å². The number of esters is 1. The van der Waals surface area contributed by atoms with Crippen molar-refractivity contribution in [1.82, 2.24) is 0 Å². The number of hydrogen-bond acceptors (Lipinski definition) is 7. The van der Waals surface area contributed by atoms with Crippen LogP contribution in [0.1, 0.15) is 127 Å². The van der Waals surface area contributed by atoms with E-state index in [9.17, 15) is 15.1 Å². The Morgan fingerprint density at radius 2 is 1.48 bits per heavy atom. The lowest BCUT2D eigenvalue weighted by Gasteiger charge is -2.30. The Kier molecular flexibility index (Phi) is 15.3. The Balaban J connectivity index is 1.89. The zero-order chi connectivity index (χ0) is 31.0. The molecule has 0 spiro atoms. The zero-order valence-electron chi connectivity index (χ0n) is 26.9. The summed E-state index contributed by atoms with van der Waals surface area (Å²) in [5.74, 6) is -0.395. The fraction of sp³-hybridized carbons (Fsp3) is 0.600. The summed E-state index contributed by atoms with van der Waals surface area (Å²) < 4.78 is 11.2. The van der Waals surface area contributed by atoms with Gasteiger partial charge in [-0.15, -0.1) is 0 Å². The highest BCUT2D eigenvalue weighted by Gasteiger charge is 2.22. The summed E-state index contributed by atoms with van der Waals surface area (Å²) in [4.78, 5) is 14.8. The van der Waals surface area contributed by atoms with E-state index >= 15 is 0 Å². The second-order valence-corrected chi connectivity index (χ2v) is 12.0. The van der Waals surface area contributed by atoms with Gasteiger partial charge in [-0.05, 0) is 55.5 Å². The van der Waals surface area contributed by atoms with Crippen LogP contribution in [0.15, 0.2) is 41.6 Å². The molecule has 7 heteroatoms. The Hall–Kier alpha value is -3.22. The molecule has 0 aliphatic rings. The van der Waals surface area contributed by atoms with Crippen LogP contribution >= 0.6 is 0 Å². The maximum Gasteiger partial charge on any atom is 0.341 e. The minimum absolute atomic E-state index is 0.00727. The molecule has 7 nitrogen and oxygen atoms in total. The van der Waals surface area contributed by atoms with Crippen LogP contribution in [0.2, 0.25) is 0 Å². The number of ether oxygens (including phenoxy) is 2. The molecular weight excluding hydrogens is 528 g/mol. The molecule has 0 saturated heterocycles. The van der Waals surface area contributed by atoms with Gasteiger partial charge in [0.15, 0.2) is 0 Å². The average molecular weight is 583 g/mol. The van der Waals surface area contributed by atoms with Gasteiger partial charge in [-0.3, -0.25) is 0 Å². The quantitative estimate of drug-likeness (QED) is 0.0565. The van der Waals surface area contributed by atoms with Crippen molar-refractivity contribution in [2.24, 2.45) is 5.16 Å². The molecule has 2 rings (SSSR count). The largest absolute Gasteiger partial charge is 0.507 e. The molecule has 42 heavy (non-hydrogen) atoms. The summed E-state index contributed by atoms with van der Waals surface area (Å²) in [6.07, 6.45) is 12.1. The number of oxime groups is 1. The maximum absolute atomic E-state index is 12.5. The number of carbonyl (C=O) groups is 1. The molecule has 0 radical (unpaired) electrons. The molecule has 0 amide bonds. The number of unbranched alkanes of at least 4 members (excludes halogenated alkanes) is 9. The molecule has 0 saturated carbocycles. The highest BCUT2D eigenvalue weighted by molar-refractivity contribution is 6.02. The topological polar surface area (TPSA) is 91.6 Å². The van der Waals surface area contributed by atoms with Crippen LogP contribution in [0.3, 0.4) is 0 Å². The van der Waals surface area contributed by atoms with Crippen LogP contribution in [-0.2, 0) is 10.2 Å². The number of benzene rings is 2. The molecule has 234 valence electrons. The van der Waals surface area contributed by atoms with Crippen molar-refractivity contribution in [2.45, 2.75) is 111 Å². The van der Waals surface area contributed by atoms with Gasteiger partial charge < -0.3 is 24.7 Å². The van der Waals surface area contributed by atoms with Crippen LogP contribution < -0.4 is 9.64 Å². The molecule has 2 aromatic rings. The van der Waals surface area contributed by atoms with Crippen molar-refractivity contribution >= 4 is 17.4 Å². The highest BCUT2D eigenvalue weighted by atomic mass is 16.5. The summed E-state index contributed by atoms with van der Waals surface area (Å²) >= 11 is 0. The van der Waals surface area contributed by atoms with E-state index in [4.69, 9.17) is 9.47 Å². The molecular formula is C35H54N2O5. The number of phenolic OH excluding ortho intramolecular Hbond substituents is 1. The fourth-order valence-corrected chi connectivity index (χ4v) is 5.08. The third-order valence-electron chi connectivity index (χ3n) is 7.66. The van der Waals surface area contributed by atoms with E-state index in [2.05, 4.69) is 63.7 Å². The van der Waals surface area contributed by atoms with E-state index in [1.54, 1.807) is 6.07 Å². The second kappa shape index (κ2) is 18.3. The zero-order valence-corrected chi connectivity index (χ0v) is 26.9. The first-order valence-corrected chi connectivity index (χ1v) is 15.9. The Morgan fingerprint density at radius 1 is 0.857 bits per heavy atom. The number of phenols is 1. The third-order valence-corrected chi connectivity index (χ3v) is 7.66. The maximum atomic E-state index is 12.5. The Morgan fingerprint density at radius 3 is 2.02 bits per heavy atom. The van der Waals surface area contributed by atoms with Gasteiger partial charge in [-0.2, -0.15) is 0 Å². The van der Waals surface area contributed by atoms with E-state index in [1.807, 2.05) is 6.07 Å². The number of hydrogen-bond donors (Lipinski definition) is 2. The molecule has 0 heterocycles. The van der Waals surface area contributed by atoms with E-state index in [0.717, 1.165) is 49.2 Å². The third kappa shape index (κ3) is 11.2. The van der Waals surface area contributed by atoms with Crippen LogP contribution in [0.25, 0.3) is 0 Å². The average Bonchev–Trinajstić information content (AvgIpc) is 2.96. The van der Waals surface area contributed by atoms with Crippen LogP contribution in [0.4, 0.5) is 5.69 Å². The van der Waals surface area contributed by atoms with Crippen molar-refractivity contribution < 1.29 is 24.6 Å². The predicted octanol–water partition coefficient (Wildman–Crippen LogP) is 8.87. The summed E-state index contributed by atoms with van der Waals surface area (Å²) in [5.41, 5.74) is 3.44. The van der Waals surface area contributed by atoms with Gasteiger partial charge in [-0.1, -0.05) is 96.7 Å². The predicted molar refractivity (Wildman–Crippen MR) is 173 cm³/mol. The minimum atomic E-state index is -0.546. The van der Waals surface area contributed by atoms with Crippen molar-refractivity contribution in [3.05, 3.63) is 53.1 Å². The van der Waals surface area contributed by atoms with Crippen molar-refractivity contribution in [3.63, 3.8) is 0 Å². The van der Waals surface area contributed by atoms with Gasteiger partial charge in [0.2, 0.25) is 0 Å². The summed E-state index contributed by atoms with van der Waals surface area (Å²) in [5, 5.41) is 23.8. The number of nitrogens with zero attached hydrogens (tertiary/aromatic N) is 2. The van der Waals surface area contributed by atoms with Crippen molar-refractivity contribution in [1.29, 1.82) is 0 Å².